The van der Waals surface area contributed by atoms with Crippen molar-refractivity contribution in [1.29, 1.82) is 0 Å². The van der Waals surface area contributed by atoms with Crippen molar-refractivity contribution in [3.63, 3.8) is 0 Å². The van der Waals surface area contributed by atoms with E-state index < -0.39 is 0 Å². The molecule has 2 nitrogen and oxygen atoms in total. The smallest absolute Gasteiger partial charge is 0.0619 e. The second-order valence-corrected chi connectivity index (χ2v) is 17.6. The minimum Gasteiger partial charge on any atom is -0.309 e. The minimum atomic E-state index is 1.08. The molecule has 12 aromatic carbocycles. The van der Waals surface area contributed by atoms with Gasteiger partial charge in [-0.1, -0.05) is 224 Å². The molecule has 2 heteroatoms. The molecule has 0 atom stereocenters. The van der Waals surface area contributed by atoms with Gasteiger partial charge in [-0.15, -0.1) is 0 Å². The Kier molecular flexibility index (Phi) is 9.54. The molecule has 68 heavy (non-hydrogen) atoms. The Morgan fingerprint density at radius 2 is 0.809 bits per heavy atom. The number of hydrogen-bond donors (Lipinski definition) is 0. The summed E-state index contributed by atoms with van der Waals surface area (Å²) in [6, 6.07) is 97.7. The Morgan fingerprint density at radius 3 is 1.63 bits per heavy atom. The summed E-state index contributed by atoms with van der Waals surface area (Å²) in [5.41, 5.74) is 16.1. The Bertz CT molecular complexity index is 4030. The van der Waals surface area contributed by atoms with Gasteiger partial charge in [-0.2, -0.15) is 0 Å². The maximum atomic E-state index is 2.52. The zero-order chi connectivity index (χ0) is 45.0. The van der Waals surface area contributed by atoms with Gasteiger partial charge in [-0.3, -0.25) is 0 Å². The van der Waals surface area contributed by atoms with Crippen molar-refractivity contribution in [1.82, 2.24) is 4.57 Å². The van der Waals surface area contributed by atoms with Gasteiger partial charge in [0.2, 0.25) is 0 Å². The van der Waals surface area contributed by atoms with E-state index in [1.165, 1.54) is 70.8 Å². The van der Waals surface area contributed by atoms with Crippen LogP contribution in [0.25, 0.3) is 104 Å². The van der Waals surface area contributed by atoms with Crippen LogP contribution in [-0.4, -0.2) is 4.57 Å². The van der Waals surface area contributed by atoms with Crippen molar-refractivity contribution < 1.29 is 0 Å². The Balaban J connectivity index is 1.10. The van der Waals surface area contributed by atoms with E-state index in [0.29, 0.717) is 0 Å². The standard InChI is InChI=1S/C66H44N2/c1-3-19-45(20-4-1)49-38-41-65(61(44-49)50-26-17-27-51(43-50)67-63-36-16-14-33-59(63)60-39-37-48-24-8-10-30-54(48)66(60)67)68(62-35-15-13-29-53(62)47-21-5-2-6-22-47)64-42-40-57(56-31-11-12-32-58(56)64)55-34-18-25-46-23-7-9-28-52(46)55/h1-44H. The molecule has 0 radical (unpaired) electrons. The van der Waals surface area contributed by atoms with Crippen molar-refractivity contribution in [2.24, 2.45) is 0 Å². The number of rotatable bonds is 8. The number of anilines is 3. The molecule has 0 aliphatic carbocycles. The Hall–Kier alpha value is -8.98. The molecule has 0 amide bonds. The van der Waals surface area contributed by atoms with Crippen LogP contribution in [0.3, 0.4) is 0 Å². The highest BCUT2D eigenvalue weighted by molar-refractivity contribution is 6.19. The molecular formula is C66H44N2. The third kappa shape index (κ3) is 6.57. The second-order valence-electron chi connectivity index (χ2n) is 17.6. The molecule has 1 heterocycles. The highest BCUT2D eigenvalue weighted by atomic mass is 15.1. The molecule has 0 saturated heterocycles. The fraction of sp³-hybridized carbons (Fsp3) is 0. The van der Waals surface area contributed by atoms with Gasteiger partial charge >= 0.3 is 0 Å². The van der Waals surface area contributed by atoms with E-state index >= 15 is 0 Å². The summed E-state index contributed by atoms with van der Waals surface area (Å²) in [4.78, 5) is 2.52. The number of hydrogen-bond acceptors (Lipinski definition) is 1. The normalized spacial score (nSPS) is 11.5. The molecule has 13 aromatic rings. The van der Waals surface area contributed by atoms with Crippen molar-refractivity contribution in [3.8, 4) is 50.2 Å². The van der Waals surface area contributed by atoms with E-state index in [-0.39, 0.29) is 0 Å². The number of aromatic nitrogens is 1. The van der Waals surface area contributed by atoms with Crippen molar-refractivity contribution in [3.05, 3.63) is 267 Å². The predicted molar refractivity (Wildman–Crippen MR) is 290 cm³/mol. The van der Waals surface area contributed by atoms with Crippen LogP contribution in [0.4, 0.5) is 17.1 Å². The van der Waals surface area contributed by atoms with Crippen molar-refractivity contribution in [2.75, 3.05) is 4.90 Å². The van der Waals surface area contributed by atoms with Gasteiger partial charge < -0.3 is 9.47 Å². The van der Waals surface area contributed by atoms with Crippen LogP contribution in [0.5, 0.6) is 0 Å². The fourth-order valence-electron chi connectivity index (χ4n) is 10.7. The van der Waals surface area contributed by atoms with E-state index in [0.717, 1.165) is 50.6 Å². The SMILES string of the molecule is c1ccc(-c2ccc(N(c3ccccc3-c3ccccc3)c3ccc(-c4cccc5ccccc45)c4ccccc34)c(-c3cccc(-n4c5ccccc5c5ccc6ccccc6c54)c3)c2)cc1. The number of benzene rings is 12. The molecule has 13 rings (SSSR count). The zero-order valence-electron chi connectivity index (χ0n) is 37.3. The molecule has 0 spiro atoms. The van der Waals surface area contributed by atoms with Crippen LogP contribution in [-0.2, 0) is 0 Å². The fourth-order valence-corrected chi connectivity index (χ4v) is 10.7. The van der Waals surface area contributed by atoms with Gasteiger partial charge in [0.1, 0.15) is 0 Å². The second kappa shape index (κ2) is 16.5. The third-order valence-electron chi connectivity index (χ3n) is 13.8. The lowest BCUT2D eigenvalue weighted by Crippen LogP contribution is -2.13. The lowest BCUT2D eigenvalue weighted by Gasteiger charge is -2.31. The van der Waals surface area contributed by atoms with Gasteiger partial charge in [0.25, 0.3) is 0 Å². The minimum absolute atomic E-state index is 1.08. The molecule has 1 aromatic heterocycles. The molecule has 318 valence electrons. The lowest BCUT2D eigenvalue weighted by atomic mass is 9.91. The quantitative estimate of drug-likeness (QED) is 0.148. The highest BCUT2D eigenvalue weighted by Crippen LogP contribution is 2.49. The monoisotopic (exact) mass is 864 g/mol. The number of para-hydroxylation sites is 2. The average Bonchev–Trinajstić information content (AvgIpc) is 3.77. The van der Waals surface area contributed by atoms with Gasteiger partial charge in [-0.05, 0) is 97.4 Å². The first-order valence-electron chi connectivity index (χ1n) is 23.4. The first kappa shape index (κ1) is 39.4. The summed E-state index contributed by atoms with van der Waals surface area (Å²) in [5, 5.41) is 9.80. The van der Waals surface area contributed by atoms with Crippen LogP contribution >= 0.6 is 0 Å². The van der Waals surface area contributed by atoms with Gasteiger partial charge in [-0.25, -0.2) is 0 Å². The average molecular weight is 865 g/mol. The summed E-state index contributed by atoms with van der Waals surface area (Å²) >= 11 is 0. The maximum Gasteiger partial charge on any atom is 0.0619 e. The van der Waals surface area contributed by atoms with Crippen LogP contribution in [0, 0.1) is 0 Å². The Labute approximate surface area is 395 Å². The molecule has 0 N–H and O–H groups in total. The predicted octanol–water partition coefficient (Wildman–Crippen LogP) is 18.4. The Morgan fingerprint density at radius 1 is 0.250 bits per heavy atom. The number of nitrogens with zero attached hydrogens (tertiary/aromatic N) is 2. The van der Waals surface area contributed by atoms with Crippen LogP contribution in [0.15, 0.2) is 267 Å². The van der Waals surface area contributed by atoms with E-state index in [9.17, 15) is 0 Å². The largest absolute Gasteiger partial charge is 0.309 e. The molecule has 0 saturated carbocycles. The molecule has 0 aliphatic rings. The topological polar surface area (TPSA) is 8.17 Å². The highest BCUT2D eigenvalue weighted by Gasteiger charge is 2.25. The number of fused-ring (bicyclic) bond motifs is 7. The first-order valence-corrected chi connectivity index (χ1v) is 23.4. The van der Waals surface area contributed by atoms with Gasteiger partial charge in [0.15, 0.2) is 0 Å². The van der Waals surface area contributed by atoms with Gasteiger partial charge in [0, 0.05) is 38.4 Å². The van der Waals surface area contributed by atoms with E-state index in [1.54, 1.807) is 0 Å². The molecule has 0 aliphatic heterocycles. The van der Waals surface area contributed by atoms with E-state index in [1.807, 2.05) is 0 Å². The van der Waals surface area contributed by atoms with Crippen molar-refractivity contribution >= 4 is 71.2 Å². The summed E-state index contributed by atoms with van der Waals surface area (Å²) in [5.74, 6) is 0. The van der Waals surface area contributed by atoms with Gasteiger partial charge in [0.05, 0.1) is 28.1 Å². The zero-order valence-corrected chi connectivity index (χ0v) is 37.3. The molecule has 0 bridgehead atoms. The van der Waals surface area contributed by atoms with Crippen molar-refractivity contribution in [2.45, 2.75) is 0 Å². The first-order chi connectivity index (χ1) is 33.8. The lowest BCUT2D eigenvalue weighted by molar-refractivity contribution is 1.19. The van der Waals surface area contributed by atoms with E-state index in [2.05, 4.69) is 276 Å². The van der Waals surface area contributed by atoms with Crippen LogP contribution in [0.2, 0.25) is 0 Å². The third-order valence-corrected chi connectivity index (χ3v) is 13.8. The summed E-state index contributed by atoms with van der Waals surface area (Å²) < 4.78 is 2.47. The molecular weight excluding hydrogens is 821 g/mol. The van der Waals surface area contributed by atoms with Crippen LogP contribution < -0.4 is 4.90 Å². The molecule has 0 unspecified atom stereocenters. The summed E-state index contributed by atoms with van der Waals surface area (Å²) in [6.45, 7) is 0. The van der Waals surface area contributed by atoms with Crippen LogP contribution in [0.1, 0.15) is 0 Å². The maximum absolute atomic E-state index is 2.52. The summed E-state index contributed by atoms with van der Waals surface area (Å²) in [7, 11) is 0. The molecule has 0 fully saturated rings. The summed E-state index contributed by atoms with van der Waals surface area (Å²) in [6.07, 6.45) is 0. The van der Waals surface area contributed by atoms with E-state index in [4.69, 9.17) is 0 Å².